The molecular weight excluding hydrogens is 362 g/mol. The first-order valence-electron chi connectivity index (χ1n) is 10.6. The quantitative estimate of drug-likeness (QED) is 0.503. The maximum atomic E-state index is 12.9. The number of carbonyl (C=O) groups excluding carboxylic acids is 2. The third-order valence-electron chi connectivity index (χ3n) is 8.41. The summed E-state index contributed by atoms with van der Waals surface area (Å²) < 4.78 is 5.24. The van der Waals surface area contributed by atoms with Gasteiger partial charge >= 0.3 is 5.97 Å². The molecule has 1 heterocycles. The largest absolute Gasteiger partial charge is 0.465 e. The van der Waals surface area contributed by atoms with Crippen LogP contribution in [0.3, 0.4) is 0 Å². The molecule has 3 aliphatic carbocycles. The molecule has 1 saturated heterocycles. The Bertz CT molecular complexity index is 704. The summed E-state index contributed by atoms with van der Waals surface area (Å²) in [6, 6.07) is 0. The first-order chi connectivity index (χ1) is 12.7. The number of halogens is 1. The van der Waals surface area contributed by atoms with Crippen LogP contribution in [0.5, 0.6) is 0 Å². The van der Waals surface area contributed by atoms with E-state index in [1.54, 1.807) is 18.9 Å². The molecule has 0 aromatic carbocycles. The van der Waals surface area contributed by atoms with Gasteiger partial charge in [-0.3, -0.25) is 9.59 Å². The minimum Gasteiger partial charge on any atom is -0.465 e. The number of piperidine rings is 1. The van der Waals surface area contributed by atoms with Crippen molar-refractivity contribution in [3.63, 3.8) is 0 Å². The molecule has 0 aromatic rings. The summed E-state index contributed by atoms with van der Waals surface area (Å²) in [5, 5.41) is 0.841. The molecule has 4 nitrogen and oxygen atoms in total. The first kappa shape index (κ1) is 19.3. The van der Waals surface area contributed by atoms with E-state index in [9.17, 15) is 9.59 Å². The Hall–Kier alpha value is -1.03. The van der Waals surface area contributed by atoms with E-state index in [0.29, 0.717) is 36.2 Å². The van der Waals surface area contributed by atoms with Crippen molar-refractivity contribution in [3.8, 4) is 0 Å². The van der Waals surface area contributed by atoms with Gasteiger partial charge in [0.15, 0.2) is 0 Å². The molecule has 4 rings (SSSR count). The van der Waals surface area contributed by atoms with Crippen LogP contribution >= 0.6 is 11.6 Å². The maximum absolute atomic E-state index is 12.9. The van der Waals surface area contributed by atoms with Crippen LogP contribution in [0.15, 0.2) is 10.7 Å². The van der Waals surface area contributed by atoms with Gasteiger partial charge in [0.2, 0.25) is 5.91 Å². The maximum Gasteiger partial charge on any atom is 0.318 e. The van der Waals surface area contributed by atoms with Crippen LogP contribution in [0, 0.1) is 34.5 Å². The Morgan fingerprint density at radius 3 is 2.70 bits per heavy atom. The lowest BCUT2D eigenvalue weighted by atomic mass is 9.49. The first-order valence-corrected chi connectivity index (χ1v) is 10.9. The van der Waals surface area contributed by atoms with Crippen LogP contribution in [0.4, 0.5) is 0 Å². The molecule has 4 aliphatic rings. The summed E-state index contributed by atoms with van der Waals surface area (Å²) >= 11 is 6.85. The average molecular weight is 394 g/mol. The van der Waals surface area contributed by atoms with E-state index >= 15 is 0 Å². The average Bonchev–Trinajstić information content (AvgIpc) is 3.00. The number of allylic oxidation sites excluding steroid dienone is 2. The number of rotatable bonds is 2. The zero-order valence-corrected chi connectivity index (χ0v) is 17.8. The van der Waals surface area contributed by atoms with Crippen molar-refractivity contribution in [2.75, 3.05) is 13.7 Å². The summed E-state index contributed by atoms with van der Waals surface area (Å²) in [6.07, 6.45) is 7.78. The highest BCUT2D eigenvalue weighted by molar-refractivity contribution is 6.30. The standard InChI is InChI=1S/C22H32ClNO3/c1-5-27-20(26)14-12-22(3)16-8-10-21(2)9-6-7-15(21)13(16)11-17(23)18(22)24(4)19(14)25/h13-16H,5-12H2,1-4H3/t13-,14?,15-,16+,21-,22+/m0/s1. The molecule has 0 N–H and O–H groups in total. The lowest BCUT2D eigenvalue weighted by Crippen LogP contribution is -2.57. The van der Waals surface area contributed by atoms with E-state index in [1.807, 2.05) is 0 Å². The predicted octanol–water partition coefficient (Wildman–Crippen LogP) is 4.72. The van der Waals surface area contributed by atoms with Gasteiger partial charge in [0, 0.05) is 23.2 Å². The van der Waals surface area contributed by atoms with Gasteiger partial charge < -0.3 is 9.64 Å². The van der Waals surface area contributed by atoms with Crippen LogP contribution in [0.25, 0.3) is 0 Å². The Labute approximate surface area is 167 Å². The van der Waals surface area contributed by atoms with Crippen molar-refractivity contribution in [1.29, 1.82) is 0 Å². The third-order valence-corrected chi connectivity index (χ3v) is 8.75. The smallest absolute Gasteiger partial charge is 0.318 e. The fourth-order valence-electron chi connectivity index (χ4n) is 7.24. The normalized spacial score (nSPS) is 43.9. The summed E-state index contributed by atoms with van der Waals surface area (Å²) in [6.45, 7) is 6.80. The van der Waals surface area contributed by atoms with Gasteiger partial charge in [-0.2, -0.15) is 0 Å². The summed E-state index contributed by atoms with van der Waals surface area (Å²) in [5.74, 6) is 0.514. The minimum absolute atomic E-state index is 0.168. The van der Waals surface area contributed by atoms with Crippen molar-refractivity contribution < 1.29 is 14.3 Å². The molecule has 150 valence electrons. The Morgan fingerprint density at radius 1 is 1.26 bits per heavy atom. The van der Waals surface area contributed by atoms with E-state index in [4.69, 9.17) is 16.3 Å². The van der Waals surface area contributed by atoms with Crippen LogP contribution in [-0.2, 0) is 14.3 Å². The number of hydrogen-bond donors (Lipinski definition) is 0. The predicted molar refractivity (Wildman–Crippen MR) is 105 cm³/mol. The van der Waals surface area contributed by atoms with E-state index in [-0.39, 0.29) is 17.3 Å². The minimum atomic E-state index is -0.705. The molecule has 3 fully saturated rings. The van der Waals surface area contributed by atoms with Gasteiger partial charge in [-0.15, -0.1) is 0 Å². The highest BCUT2D eigenvalue weighted by Gasteiger charge is 2.60. The highest BCUT2D eigenvalue weighted by atomic mass is 35.5. The summed E-state index contributed by atoms with van der Waals surface area (Å²) in [7, 11) is 1.78. The molecule has 1 amide bonds. The van der Waals surface area contributed by atoms with Crippen LogP contribution < -0.4 is 0 Å². The number of hydrogen-bond acceptors (Lipinski definition) is 3. The van der Waals surface area contributed by atoms with E-state index in [1.165, 1.54) is 32.1 Å². The molecule has 0 bridgehead atoms. The van der Waals surface area contributed by atoms with Crippen LogP contribution in [0.1, 0.15) is 65.7 Å². The van der Waals surface area contributed by atoms with Gasteiger partial charge in [-0.05, 0) is 68.6 Å². The molecule has 0 aromatic heterocycles. The Morgan fingerprint density at radius 2 is 2.00 bits per heavy atom. The number of ether oxygens (including phenoxy) is 1. The van der Waals surface area contributed by atoms with Gasteiger partial charge in [-0.1, -0.05) is 31.9 Å². The zero-order valence-electron chi connectivity index (χ0n) is 17.0. The number of esters is 1. The second kappa shape index (κ2) is 6.50. The molecule has 2 saturated carbocycles. The number of likely N-dealkylation sites (tertiary alicyclic amines) is 1. The lowest BCUT2D eigenvalue weighted by molar-refractivity contribution is -0.161. The van der Waals surface area contributed by atoms with E-state index in [0.717, 1.165) is 17.2 Å². The van der Waals surface area contributed by atoms with Crippen LogP contribution in [-0.4, -0.2) is 30.4 Å². The van der Waals surface area contributed by atoms with Gasteiger partial charge in [0.1, 0.15) is 5.92 Å². The molecular formula is C22H32ClNO3. The molecule has 1 unspecified atom stereocenters. The number of nitrogens with zero attached hydrogens (tertiary/aromatic N) is 1. The van der Waals surface area contributed by atoms with E-state index in [2.05, 4.69) is 13.8 Å². The van der Waals surface area contributed by atoms with Crippen molar-refractivity contribution in [2.24, 2.45) is 34.5 Å². The summed E-state index contributed by atoms with van der Waals surface area (Å²) in [4.78, 5) is 27.1. The van der Waals surface area contributed by atoms with Gasteiger partial charge in [0.05, 0.1) is 6.61 Å². The fraction of sp³-hybridized carbons (Fsp3) is 0.818. The molecule has 27 heavy (non-hydrogen) atoms. The lowest BCUT2D eigenvalue weighted by Gasteiger charge is -2.59. The topological polar surface area (TPSA) is 46.6 Å². The molecule has 0 radical (unpaired) electrons. The molecule has 1 aliphatic heterocycles. The number of carbonyl (C=O) groups is 2. The van der Waals surface area contributed by atoms with Crippen LogP contribution in [0.2, 0.25) is 0 Å². The third kappa shape index (κ3) is 2.69. The van der Waals surface area contributed by atoms with Crippen molar-refractivity contribution in [3.05, 3.63) is 10.7 Å². The zero-order chi connectivity index (χ0) is 19.6. The second-order valence-electron chi connectivity index (χ2n) is 9.74. The van der Waals surface area contributed by atoms with Gasteiger partial charge in [-0.25, -0.2) is 0 Å². The highest BCUT2D eigenvalue weighted by Crippen LogP contribution is 2.66. The molecule has 6 atom stereocenters. The monoisotopic (exact) mass is 393 g/mol. The molecule has 0 spiro atoms. The molecule has 5 heteroatoms. The summed E-state index contributed by atoms with van der Waals surface area (Å²) in [5.41, 5.74) is 1.19. The SMILES string of the molecule is CCOC(=O)C1C[C@@]2(C)C(=C(Cl)C[C@@H]3[C@H]2CC[C@]2(C)CCC[C@@H]32)N(C)C1=O. The van der Waals surface area contributed by atoms with Crippen molar-refractivity contribution in [2.45, 2.75) is 65.7 Å². The number of amides is 1. The van der Waals surface area contributed by atoms with Crippen molar-refractivity contribution in [1.82, 2.24) is 4.90 Å². The van der Waals surface area contributed by atoms with Gasteiger partial charge in [0.25, 0.3) is 0 Å². The Kier molecular flexibility index (Phi) is 4.65. The number of fused-ring (bicyclic) bond motifs is 5. The van der Waals surface area contributed by atoms with Crippen molar-refractivity contribution >= 4 is 23.5 Å². The Balaban J connectivity index is 1.74. The second-order valence-corrected chi connectivity index (χ2v) is 10.2. The fourth-order valence-corrected chi connectivity index (χ4v) is 7.76. The van der Waals surface area contributed by atoms with E-state index < -0.39 is 5.92 Å².